The average Bonchev–Trinajstić information content (AvgIpc) is 2.53. The van der Waals surface area contributed by atoms with Crippen LogP contribution in [0.5, 0.6) is 0 Å². The molecular weight excluding hydrogens is 464 g/mol. The summed E-state index contributed by atoms with van der Waals surface area (Å²) in [5.74, 6) is 0.567. The van der Waals surface area contributed by atoms with Crippen LogP contribution >= 0.6 is 20.7 Å². The van der Waals surface area contributed by atoms with Crippen molar-refractivity contribution in [2.75, 3.05) is 20.3 Å². The topological polar surface area (TPSA) is 59.6 Å². The molecule has 0 aromatic carbocycles. The van der Waals surface area contributed by atoms with Crippen LogP contribution in [0.1, 0.15) is 33.1 Å². The third-order valence-corrected chi connectivity index (χ3v) is 6.94. The van der Waals surface area contributed by atoms with Gasteiger partial charge in [0, 0.05) is 29.5 Å². The number of piperidine rings is 1. The highest BCUT2D eigenvalue weighted by atomic mass is 127. The molecule has 1 atom stereocenters. The summed E-state index contributed by atoms with van der Waals surface area (Å²) in [5.41, 5.74) is -1.07. The zero-order valence-electron chi connectivity index (χ0n) is 15.0. The Hall–Kier alpha value is -1.10. The molecule has 0 unspecified atom stereocenters. The Morgan fingerprint density at radius 3 is 2.81 bits per heavy atom. The van der Waals surface area contributed by atoms with E-state index in [0.717, 1.165) is 52.0 Å². The Kier molecular flexibility index (Phi) is 7.12. The van der Waals surface area contributed by atoms with Gasteiger partial charge in [-0.2, -0.15) is 13.2 Å². The molecule has 0 aliphatic carbocycles. The van der Waals surface area contributed by atoms with Crippen LogP contribution in [0.4, 0.5) is 18.0 Å². The van der Waals surface area contributed by atoms with Crippen LogP contribution in [0, 0.1) is 5.92 Å². The third kappa shape index (κ3) is 5.70. The average molecular weight is 488 g/mol. The summed E-state index contributed by atoms with van der Waals surface area (Å²) in [4.78, 5) is 11.8. The van der Waals surface area contributed by atoms with Gasteiger partial charge in [-0.05, 0) is 49.2 Å². The van der Waals surface area contributed by atoms with Crippen LogP contribution in [-0.2, 0) is 9.47 Å². The molecule has 1 saturated heterocycles. The normalized spacial score (nSPS) is 20.5. The van der Waals surface area contributed by atoms with E-state index in [1.54, 1.807) is 13.2 Å². The first-order valence-electron chi connectivity index (χ1n) is 8.33. The maximum Gasteiger partial charge on any atom is 0.427 e. The number of alkyl carbamates (subject to hydrolysis) is 1. The molecule has 2 aliphatic rings. The number of hydrogen-bond donors (Lipinski definition) is 2. The van der Waals surface area contributed by atoms with Crippen molar-refractivity contribution >= 4 is 30.3 Å². The van der Waals surface area contributed by atoms with Gasteiger partial charge in [0.15, 0.2) is 0 Å². The number of allylic oxidation sites excluding steroid dienone is 2. The summed E-state index contributed by atoms with van der Waals surface area (Å²) in [6.07, 6.45) is -0.820. The zero-order chi connectivity index (χ0) is 19.4. The van der Waals surface area contributed by atoms with Gasteiger partial charge in [0.05, 0.1) is 5.70 Å². The van der Waals surface area contributed by atoms with Gasteiger partial charge in [0.2, 0.25) is 5.60 Å². The number of nitrogens with one attached hydrogen (secondary N) is 2. The number of rotatable bonds is 6. The number of ether oxygens (including phenoxy) is 2. The molecule has 1 amide bonds. The maximum atomic E-state index is 12.8. The summed E-state index contributed by atoms with van der Waals surface area (Å²) in [6, 6.07) is 0. The van der Waals surface area contributed by atoms with Gasteiger partial charge in [0.1, 0.15) is 0 Å². The van der Waals surface area contributed by atoms with Gasteiger partial charge in [-0.3, -0.25) is 5.32 Å². The van der Waals surface area contributed by atoms with Crippen molar-refractivity contribution in [3.63, 3.8) is 0 Å². The van der Waals surface area contributed by atoms with E-state index in [0.29, 0.717) is 11.6 Å². The molecule has 2 aliphatic heterocycles. The lowest BCUT2D eigenvalue weighted by Crippen LogP contribution is -2.45. The van der Waals surface area contributed by atoms with E-state index in [2.05, 4.69) is 15.4 Å². The second-order valence-electron chi connectivity index (χ2n) is 6.75. The van der Waals surface area contributed by atoms with Crippen molar-refractivity contribution in [1.29, 1.82) is 0 Å². The fourth-order valence-corrected chi connectivity index (χ4v) is 5.15. The molecule has 2 heterocycles. The predicted octanol–water partition coefficient (Wildman–Crippen LogP) is 3.97. The van der Waals surface area contributed by atoms with Gasteiger partial charge in [0.25, 0.3) is 0 Å². The van der Waals surface area contributed by atoms with Crippen molar-refractivity contribution in [2.45, 2.75) is 44.9 Å². The smallest absolute Gasteiger partial charge is 0.427 e. The Balaban J connectivity index is 1.92. The van der Waals surface area contributed by atoms with Crippen molar-refractivity contribution < 1.29 is 27.4 Å². The van der Waals surface area contributed by atoms with Crippen molar-refractivity contribution in [3.8, 4) is 0 Å². The molecule has 148 valence electrons. The summed E-state index contributed by atoms with van der Waals surface area (Å²) in [5, 5.41) is 5.79. The quantitative estimate of drug-likeness (QED) is 0.439. The van der Waals surface area contributed by atoms with Gasteiger partial charge in [-0.25, -0.2) is 4.79 Å². The van der Waals surface area contributed by atoms with Gasteiger partial charge >= 0.3 is 12.3 Å². The molecule has 2 N–H and O–H groups in total. The molecule has 0 bridgehead atoms. The highest BCUT2D eigenvalue weighted by Gasteiger charge is 2.51. The molecule has 1 fully saturated rings. The van der Waals surface area contributed by atoms with Crippen LogP contribution in [-0.4, -0.2) is 41.6 Å². The predicted molar refractivity (Wildman–Crippen MR) is 102 cm³/mol. The van der Waals surface area contributed by atoms with E-state index in [1.807, 2.05) is 4.08 Å². The molecule has 0 aromatic heterocycles. The number of hydrogen-bond acceptors (Lipinski definition) is 4. The number of halogens is 4. The van der Waals surface area contributed by atoms with E-state index < -0.39 is 38.6 Å². The second kappa shape index (κ2) is 8.73. The molecule has 0 aromatic rings. The monoisotopic (exact) mass is 488 g/mol. The first-order chi connectivity index (χ1) is 12.1. The van der Waals surface area contributed by atoms with Crippen LogP contribution in [0.25, 0.3) is 0 Å². The van der Waals surface area contributed by atoms with E-state index >= 15 is 0 Å². The second-order valence-corrected chi connectivity index (χ2v) is 9.29. The fraction of sp³-hybridized carbons (Fsp3) is 0.647. The minimum absolute atomic E-state index is 0.423. The lowest BCUT2D eigenvalue weighted by atomic mass is 9.93. The molecule has 0 saturated carbocycles. The third-order valence-electron chi connectivity index (χ3n) is 4.18. The largest absolute Gasteiger partial charge is 0.434 e. The maximum absolute atomic E-state index is 12.8. The van der Waals surface area contributed by atoms with Gasteiger partial charge < -0.3 is 14.8 Å². The van der Waals surface area contributed by atoms with Crippen LogP contribution in [0.15, 0.2) is 21.6 Å². The van der Waals surface area contributed by atoms with Crippen LogP contribution in [0.2, 0.25) is 0 Å². The first-order valence-corrected chi connectivity index (χ1v) is 10.7. The number of carbonyl (C=O) groups excluding carboxylic acids is 1. The Morgan fingerprint density at radius 2 is 2.15 bits per heavy atom. The lowest BCUT2D eigenvalue weighted by Gasteiger charge is -2.30. The zero-order valence-corrected chi connectivity index (χ0v) is 17.2. The fourth-order valence-electron chi connectivity index (χ4n) is 2.55. The van der Waals surface area contributed by atoms with E-state index in [9.17, 15) is 18.0 Å². The number of carbonyl (C=O) groups is 1. The van der Waals surface area contributed by atoms with E-state index in [4.69, 9.17) is 4.74 Å². The molecule has 0 radical (unpaired) electrons. The highest BCUT2D eigenvalue weighted by Crippen LogP contribution is 2.33. The highest BCUT2D eigenvalue weighted by molar-refractivity contribution is 14.2. The minimum atomic E-state index is -4.62. The summed E-state index contributed by atoms with van der Waals surface area (Å²) >= 11 is -0.423. The Bertz CT molecular complexity index is 627. The van der Waals surface area contributed by atoms with Crippen molar-refractivity contribution in [2.24, 2.45) is 5.92 Å². The molecule has 0 spiro atoms. The minimum Gasteiger partial charge on any atom is -0.434 e. The van der Waals surface area contributed by atoms with Crippen molar-refractivity contribution in [1.82, 2.24) is 10.6 Å². The molecule has 5 nitrogen and oxygen atoms in total. The lowest BCUT2D eigenvalue weighted by molar-refractivity contribution is -0.243. The number of amides is 1. The van der Waals surface area contributed by atoms with Gasteiger partial charge in [-0.15, -0.1) is 0 Å². The summed E-state index contributed by atoms with van der Waals surface area (Å²) < 4.78 is 51.3. The Morgan fingerprint density at radius 1 is 1.42 bits per heavy atom. The number of methoxy groups -OCH3 is 1. The Labute approximate surface area is 161 Å². The molecule has 2 rings (SSSR count). The van der Waals surface area contributed by atoms with Gasteiger partial charge in [-0.1, -0.05) is 20.7 Å². The molecule has 9 heteroatoms. The summed E-state index contributed by atoms with van der Waals surface area (Å²) in [6.45, 7) is 3.26. The summed E-state index contributed by atoms with van der Waals surface area (Å²) in [7, 11) is 1.70. The van der Waals surface area contributed by atoms with E-state index in [1.165, 1.54) is 3.51 Å². The van der Waals surface area contributed by atoms with E-state index in [-0.39, 0.29) is 0 Å². The number of fused-ring (bicyclic) bond motifs is 1. The van der Waals surface area contributed by atoms with Crippen molar-refractivity contribution in [3.05, 3.63) is 21.6 Å². The van der Waals surface area contributed by atoms with Crippen LogP contribution in [0.3, 0.4) is 0 Å². The number of alkyl halides is 3. The first kappa shape index (κ1) is 21.2. The standard InChI is InChI=1S/C17H24F3IN2O3/c1-16(2,17(18,19)20)26-15(24)23-12-8-14-13(21-9-12)7-11(10-22-14)5-4-6-25-3/h8-9,11,22H,4-7,10H2,1-3H3,(H,23,24)/t11-/m1/s1. The SMILES string of the molecule is COCCC[C@H]1CNC2=CC(NC(=O)OC(C)(C)C(F)(F)F)=CI=C2C1. The molecule has 26 heavy (non-hydrogen) atoms. The van der Waals surface area contributed by atoms with Crippen LogP contribution < -0.4 is 10.6 Å². The molecular formula is C17H24F3IN2O3.